The normalized spacial score (nSPS) is 19.0. The highest BCUT2D eigenvalue weighted by Crippen LogP contribution is 2.26. The minimum Gasteiger partial charge on any atom is -0.444 e. The summed E-state index contributed by atoms with van der Waals surface area (Å²) in [5.74, 6) is 2.48. The van der Waals surface area contributed by atoms with Gasteiger partial charge in [0.2, 0.25) is 5.89 Å². The molecule has 84 valence electrons. The first kappa shape index (κ1) is 10.7. The standard InChI is InChI=1S/C12H20N2O/c13-8-12-14-9-11(15-12)7-10-5-3-1-2-4-6-10/h9-10H,1-8,13H2. The first-order valence-corrected chi connectivity index (χ1v) is 6.02. The van der Waals surface area contributed by atoms with Crippen molar-refractivity contribution in [3.8, 4) is 0 Å². The lowest BCUT2D eigenvalue weighted by molar-refractivity contribution is 0.387. The molecule has 1 heterocycles. The van der Waals surface area contributed by atoms with Crippen molar-refractivity contribution in [3.63, 3.8) is 0 Å². The number of nitrogens with zero attached hydrogens (tertiary/aromatic N) is 1. The summed E-state index contributed by atoms with van der Waals surface area (Å²) in [5.41, 5.74) is 5.47. The van der Waals surface area contributed by atoms with Crippen molar-refractivity contribution < 1.29 is 4.42 Å². The molecule has 2 N–H and O–H groups in total. The molecule has 0 aromatic carbocycles. The van der Waals surface area contributed by atoms with Crippen LogP contribution in [0.15, 0.2) is 10.6 Å². The van der Waals surface area contributed by atoms with Gasteiger partial charge < -0.3 is 10.2 Å². The number of oxazole rings is 1. The predicted octanol–water partition coefficient (Wildman–Crippen LogP) is 2.65. The van der Waals surface area contributed by atoms with Gasteiger partial charge in [0, 0.05) is 6.42 Å². The molecule has 0 radical (unpaired) electrons. The maximum atomic E-state index is 5.54. The van der Waals surface area contributed by atoms with E-state index in [9.17, 15) is 0 Å². The van der Waals surface area contributed by atoms with E-state index in [0.29, 0.717) is 12.4 Å². The third kappa shape index (κ3) is 3.06. The van der Waals surface area contributed by atoms with Crippen LogP contribution in [0.1, 0.15) is 50.2 Å². The van der Waals surface area contributed by atoms with Gasteiger partial charge in [-0.25, -0.2) is 4.98 Å². The fraction of sp³-hybridized carbons (Fsp3) is 0.750. The number of hydrogen-bond acceptors (Lipinski definition) is 3. The fourth-order valence-corrected chi connectivity index (χ4v) is 2.39. The van der Waals surface area contributed by atoms with Gasteiger partial charge in [-0.1, -0.05) is 38.5 Å². The van der Waals surface area contributed by atoms with Gasteiger partial charge in [0.1, 0.15) is 5.76 Å². The molecule has 1 saturated carbocycles. The van der Waals surface area contributed by atoms with Crippen molar-refractivity contribution in [1.82, 2.24) is 4.98 Å². The SMILES string of the molecule is NCc1ncc(CC2CCCCCC2)o1. The van der Waals surface area contributed by atoms with Crippen LogP contribution in [0.4, 0.5) is 0 Å². The van der Waals surface area contributed by atoms with Gasteiger partial charge in [0.15, 0.2) is 0 Å². The molecule has 2 rings (SSSR count). The van der Waals surface area contributed by atoms with Crippen molar-refractivity contribution in [1.29, 1.82) is 0 Å². The molecule has 0 amide bonds. The molecule has 0 unspecified atom stereocenters. The molecule has 0 saturated heterocycles. The van der Waals surface area contributed by atoms with E-state index in [2.05, 4.69) is 4.98 Å². The third-order valence-electron chi connectivity index (χ3n) is 3.24. The predicted molar refractivity (Wildman–Crippen MR) is 59.3 cm³/mol. The molecule has 0 spiro atoms. The molecule has 1 fully saturated rings. The van der Waals surface area contributed by atoms with Crippen LogP contribution in [-0.2, 0) is 13.0 Å². The van der Waals surface area contributed by atoms with Crippen LogP contribution in [0.3, 0.4) is 0 Å². The molecule has 0 atom stereocenters. The number of nitrogens with two attached hydrogens (primary N) is 1. The van der Waals surface area contributed by atoms with E-state index in [1.165, 1.54) is 38.5 Å². The molecule has 1 aliphatic rings. The summed E-state index contributed by atoms with van der Waals surface area (Å²) in [7, 11) is 0. The van der Waals surface area contributed by atoms with Crippen LogP contribution in [0.2, 0.25) is 0 Å². The molecule has 3 nitrogen and oxygen atoms in total. The smallest absolute Gasteiger partial charge is 0.208 e. The van der Waals surface area contributed by atoms with Crippen molar-refractivity contribution in [2.45, 2.75) is 51.5 Å². The Hall–Kier alpha value is -0.830. The second-order valence-electron chi connectivity index (χ2n) is 4.49. The monoisotopic (exact) mass is 208 g/mol. The van der Waals surface area contributed by atoms with E-state index in [1.54, 1.807) is 0 Å². The quantitative estimate of drug-likeness (QED) is 0.777. The molecule has 1 aromatic heterocycles. The maximum absolute atomic E-state index is 5.54. The van der Waals surface area contributed by atoms with Crippen LogP contribution in [0, 0.1) is 5.92 Å². The van der Waals surface area contributed by atoms with E-state index in [-0.39, 0.29) is 0 Å². The Morgan fingerprint density at radius 2 is 2.00 bits per heavy atom. The Morgan fingerprint density at radius 1 is 1.27 bits per heavy atom. The van der Waals surface area contributed by atoms with E-state index in [0.717, 1.165) is 18.1 Å². The minimum absolute atomic E-state index is 0.407. The van der Waals surface area contributed by atoms with Gasteiger partial charge >= 0.3 is 0 Å². The molecular weight excluding hydrogens is 188 g/mol. The van der Waals surface area contributed by atoms with Gasteiger partial charge in [0.05, 0.1) is 12.7 Å². The first-order chi connectivity index (χ1) is 7.38. The van der Waals surface area contributed by atoms with Gasteiger partial charge in [-0.3, -0.25) is 0 Å². The Balaban J connectivity index is 1.89. The Bertz CT molecular complexity index is 288. The molecule has 3 heteroatoms. The molecular formula is C12H20N2O. The largest absolute Gasteiger partial charge is 0.444 e. The summed E-state index contributed by atoms with van der Waals surface area (Å²) in [6.45, 7) is 0.407. The highest BCUT2D eigenvalue weighted by molar-refractivity contribution is 4.95. The number of rotatable bonds is 3. The van der Waals surface area contributed by atoms with Crippen molar-refractivity contribution in [3.05, 3.63) is 17.8 Å². The van der Waals surface area contributed by atoms with Crippen LogP contribution < -0.4 is 5.73 Å². The molecule has 0 aliphatic heterocycles. The van der Waals surface area contributed by atoms with Crippen molar-refractivity contribution in [2.24, 2.45) is 11.7 Å². The van der Waals surface area contributed by atoms with Gasteiger partial charge in [-0.05, 0) is 5.92 Å². The second-order valence-corrected chi connectivity index (χ2v) is 4.49. The zero-order chi connectivity index (χ0) is 10.5. The maximum Gasteiger partial charge on any atom is 0.208 e. The Kier molecular flexibility index (Phi) is 3.78. The van der Waals surface area contributed by atoms with Crippen molar-refractivity contribution >= 4 is 0 Å². The lowest BCUT2D eigenvalue weighted by Gasteiger charge is -2.10. The van der Waals surface area contributed by atoms with Crippen LogP contribution in [-0.4, -0.2) is 4.98 Å². The summed E-state index contributed by atoms with van der Waals surface area (Å²) in [4.78, 5) is 4.13. The van der Waals surface area contributed by atoms with E-state index < -0.39 is 0 Å². The van der Waals surface area contributed by atoms with E-state index in [1.807, 2.05) is 6.20 Å². The lowest BCUT2D eigenvalue weighted by atomic mass is 9.96. The zero-order valence-corrected chi connectivity index (χ0v) is 9.24. The zero-order valence-electron chi connectivity index (χ0n) is 9.24. The average Bonchev–Trinajstić information content (AvgIpc) is 2.54. The van der Waals surface area contributed by atoms with Gasteiger partial charge in [0.25, 0.3) is 0 Å². The summed E-state index contributed by atoms with van der Waals surface area (Å²) >= 11 is 0. The lowest BCUT2D eigenvalue weighted by Crippen LogP contribution is -2.02. The summed E-state index contributed by atoms with van der Waals surface area (Å²) in [5, 5.41) is 0. The topological polar surface area (TPSA) is 52.0 Å². The van der Waals surface area contributed by atoms with E-state index >= 15 is 0 Å². The van der Waals surface area contributed by atoms with Crippen LogP contribution >= 0.6 is 0 Å². The number of aromatic nitrogens is 1. The third-order valence-corrected chi connectivity index (χ3v) is 3.24. The van der Waals surface area contributed by atoms with Crippen LogP contribution in [0.25, 0.3) is 0 Å². The molecule has 0 bridgehead atoms. The average molecular weight is 208 g/mol. The summed E-state index contributed by atoms with van der Waals surface area (Å²) in [6.07, 6.45) is 11.1. The highest BCUT2D eigenvalue weighted by Gasteiger charge is 2.14. The van der Waals surface area contributed by atoms with E-state index in [4.69, 9.17) is 10.2 Å². The first-order valence-electron chi connectivity index (χ1n) is 6.02. The minimum atomic E-state index is 0.407. The van der Waals surface area contributed by atoms with Crippen molar-refractivity contribution in [2.75, 3.05) is 0 Å². The fourth-order valence-electron chi connectivity index (χ4n) is 2.39. The summed E-state index contributed by atoms with van der Waals surface area (Å²) in [6, 6.07) is 0. The van der Waals surface area contributed by atoms with Gasteiger partial charge in [-0.15, -0.1) is 0 Å². The van der Waals surface area contributed by atoms with Gasteiger partial charge in [-0.2, -0.15) is 0 Å². The Labute approximate surface area is 91.1 Å². The Morgan fingerprint density at radius 3 is 2.60 bits per heavy atom. The summed E-state index contributed by atoms with van der Waals surface area (Å²) < 4.78 is 5.54. The molecule has 1 aliphatic carbocycles. The number of hydrogen-bond donors (Lipinski definition) is 1. The highest BCUT2D eigenvalue weighted by atomic mass is 16.4. The molecule has 1 aromatic rings. The second kappa shape index (κ2) is 5.31. The molecule has 15 heavy (non-hydrogen) atoms. The van der Waals surface area contributed by atoms with Crippen LogP contribution in [0.5, 0.6) is 0 Å².